The number of halogens is 2. The second kappa shape index (κ2) is 9.77. The molecule has 1 fully saturated rings. The lowest BCUT2D eigenvalue weighted by atomic mass is 10.0. The lowest BCUT2D eigenvalue weighted by Crippen LogP contribution is -2.51. The lowest BCUT2D eigenvalue weighted by Gasteiger charge is -2.37. The number of hydrogen-bond acceptors (Lipinski definition) is 4. The molecule has 3 heterocycles. The van der Waals surface area contributed by atoms with Crippen molar-refractivity contribution in [2.45, 2.75) is 6.42 Å². The highest BCUT2D eigenvalue weighted by atomic mass is 19.1. The molecule has 5 rings (SSSR count). The Morgan fingerprint density at radius 3 is 2.41 bits per heavy atom. The van der Waals surface area contributed by atoms with Crippen molar-refractivity contribution in [2.24, 2.45) is 0 Å². The van der Waals surface area contributed by atoms with Crippen molar-refractivity contribution in [3.8, 4) is 5.69 Å². The molecule has 0 bridgehead atoms. The van der Waals surface area contributed by atoms with Gasteiger partial charge in [-0.3, -0.25) is 9.69 Å². The number of piperazine rings is 1. The van der Waals surface area contributed by atoms with Crippen LogP contribution in [0.3, 0.4) is 0 Å². The molecule has 6 nitrogen and oxygen atoms in total. The van der Waals surface area contributed by atoms with Crippen molar-refractivity contribution < 1.29 is 13.6 Å². The SMILES string of the molecule is O=C(CN1CC=C(c2cnn(-c3ccc(F)cc3)c2)CC1)N1CCN(c2ccccc2F)CC1. The number of carbonyl (C=O) groups excluding carboxylic acids is 1. The average molecular weight is 464 g/mol. The van der Waals surface area contributed by atoms with Crippen molar-refractivity contribution in [2.75, 3.05) is 50.7 Å². The Balaban J connectivity index is 1.13. The van der Waals surface area contributed by atoms with Gasteiger partial charge >= 0.3 is 0 Å². The first kappa shape index (κ1) is 22.3. The monoisotopic (exact) mass is 463 g/mol. The third kappa shape index (κ3) is 4.87. The van der Waals surface area contributed by atoms with Crippen LogP contribution >= 0.6 is 0 Å². The largest absolute Gasteiger partial charge is 0.366 e. The molecule has 0 radical (unpaired) electrons. The van der Waals surface area contributed by atoms with Gasteiger partial charge in [0.15, 0.2) is 0 Å². The van der Waals surface area contributed by atoms with E-state index in [2.05, 4.69) is 16.1 Å². The van der Waals surface area contributed by atoms with Crippen molar-refractivity contribution >= 4 is 17.2 Å². The standard InChI is InChI=1S/C26H27F2N5O/c27-22-5-7-23(8-6-22)33-18-21(17-29-33)20-9-11-30(12-10-20)19-26(34)32-15-13-31(14-16-32)25-4-2-1-3-24(25)28/h1-9,17-18H,10-16,19H2. The fourth-order valence-corrected chi connectivity index (χ4v) is 4.54. The summed E-state index contributed by atoms with van der Waals surface area (Å²) in [6.45, 7) is 4.36. The minimum atomic E-state index is -0.271. The molecule has 1 saturated heterocycles. The Labute approximate surface area is 197 Å². The molecule has 1 amide bonds. The topological polar surface area (TPSA) is 44.6 Å². The highest BCUT2D eigenvalue weighted by Crippen LogP contribution is 2.24. The summed E-state index contributed by atoms with van der Waals surface area (Å²) in [4.78, 5) is 18.9. The molecule has 0 atom stereocenters. The number of amides is 1. The second-order valence-electron chi connectivity index (χ2n) is 8.68. The zero-order chi connectivity index (χ0) is 23.5. The quantitative estimate of drug-likeness (QED) is 0.580. The molecular formula is C26H27F2N5O. The Bertz CT molecular complexity index is 1180. The zero-order valence-electron chi connectivity index (χ0n) is 18.9. The fraction of sp³-hybridized carbons (Fsp3) is 0.308. The zero-order valence-corrected chi connectivity index (χ0v) is 18.9. The number of benzene rings is 2. The van der Waals surface area contributed by atoms with Crippen LogP contribution in [-0.4, -0.2) is 71.3 Å². The predicted molar refractivity (Wildman–Crippen MR) is 128 cm³/mol. The number of para-hydroxylation sites is 1. The number of hydrogen-bond donors (Lipinski definition) is 0. The summed E-state index contributed by atoms with van der Waals surface area (Å²) in [5.41, 5.74) is 3.66. The van der Waals surface area contributed by atoms with Crippen LogP contribution < -0.4 is 4.90 Å². The molecule has 0 saturated carbocycles. The van der Waals surface area contributed by atoms with Crippen LogP contribution in [0.25, 0.3) is 11.3 Å². The van der Waals surface area contributed by atoms with E-state index in [9.17, 15) is 13.6 Å². The lowest BCUT2D eigenvalue weighted by molar-refractivity contribution is -0.132. The Morgan fingerprint density at radius 2 is 1.71 bits per heavy atom. The molecule has 0 aliphatic carbocycles. The van der Waals surface area contributed by atoms with Gasteiger partial charge in [-0.25, -0.2) is 13.5 Å². The second-order valence-corrected chi connectivity index (χ2v) is 8.68. The summed E-state index contributed by atoms with van der Waals surface area (Å²) in [5.74, 6) is -0.372. The van der Waals surface area contributed by atoms with E-state index in [-0.39, 0.29) is 17.5 Å². The van der Waals surface area contributed by atoms with E-state index in [0.29, 0.717) is 45.0 Å². The van der Waals surface area contributed by atoms with Gasteiger partial charge in [0.25, 0.3) is 0 Å². The Hall–Kier alpha value is -3.52. The number of carbonyl (C=O) groups is 1. The van der Waals surface area contributed by atoms with Gasteiger partial charge < -0.3 is 9.80 Å². The molecule has 8 heteroatoms. The van der Waals surface area contributed by atoms with E-state index >= 15 is 0 Å². The third-order valence-electron chi connectivity index (χ3n) is 6.52. The van der Waals surface area contributed by atoms with Crippen molar-refractivity contribution in [3.05, 3.63) is 84.2 Å². The number of nitrogens with zero attached hydrogens (tertiary/aromatic N) is 5. The molecule has 2 aliphatic heterocycles. The molecule has 0 N–H and O–H groups in total. The van der Waals surface area contributed by atoms with E-state index in [0.717, 1.165) is 24.2 Å². The van der Waals surface area contributed by atoms with E-state index in [1.165, 1.54) is 23.8 Å². The predicted octanol–water partition coefficient (Wildman–Crippen LogP) is 3.59. The summed E-state index contributed by atoms with van der Waals surface area (Å²) in [7, 11) is 0. The van der Waals surface area contributed by atoms with E-state index in [4.69, 9.17) is 0 Å². The van der Waals surface area contributed by atoms with Crippen LogP contribution in [0, 0.1) is 11.6 Å². The van der Waals surface area contributed by atoms with Crippen LogP contribution in [-0.2, 0) is 4.79 Å². The molecular weight excluding hydrogens is 436 g/mol. The average Bonchev–Trinajstić information content (AvgIpc) is 3.36. The van der Waals surface area contributed by atoms with Crippen molar-refractivity contribution in [1.82, 2.24) is 19.6 Å². The van der Waals surface area contributed by atoms with Crippen molar-refractivity contribution in [3.63, 3.8) is 0 Å². The van der Waals surface area contributed by atoms with Gasteiger partial charge in [0, 0.05) is 51.0 Å². The van der Waals surface area contributed by atoms with E-state index in [1.807, 2.05) is 28.3 Å². The third-order valence-corrected chi connectivity index (χ3v) is 6.52. The maximum Gasteiger partial charge on any atom is 0.236 e. The van der Waals surface area contributed by atoms with Gasteiger partial charge in [-0.1, -0.05) is 18.2 Å². The highest BCUT2D eigenvalue weighted by molar-refractivity contribution is 5.79. The Kier molecular flexibility index (Phi) is 6.40. The minimum Gasteiger partial charge on any atom is -0.366 e. The maximum atomic E-state index is 14.0. The van der Waals surface area contributed by atoms with Crippen LogP contribution in [0.15, 0.2) is 67.0 Å². The minimum absolute atomic E-state index is 0.120. The molecule has 1 aromatic heterocycles. The van der Waals surface area contributed by atoms with E-state index in [1.54, 1.807) is 28.9 Å². The van der Waals surface area contributed by atoms with Gasteiger partial charge in [0.05, 0.1) is 24.1 Å². The normalized spacial score (nSPS) is 17.1. The molecule has 0 unspecified atom stereocenters. The number of anilines is 1. The Morgan fingerprint density at radius 1 is 0.941 bits per heavy atom. The summed E-state index contributed by atoms with van der Waals surface area (Å²) >= 11 is 0. The highest BCUT2D eigenvalue weighted by Gasteiger charge is 2.25. The van der Waals surface area contributed by atoms with Gasteiger partial charge in [-0.15, -0.1) is 0 Å². The fourth-order valence-electron chi connectivity index (χ4n) is 4.54. The van der Waals surface area contributed by atoms with Gasteiger partial charge in [-0.2, -0.15) is 5.10 Å². The van der Waals surface area contributed by atoms with Crippen LogP contribution in [0.2, 0.25) is 0 Å². The van der Waals surface area contributed by atoms with Gasteiger partial charge in [0.2, 0.25) is 5.91 Å². The van der Waals surface area contributed by atoms with E-state index < -0.39 is 0 Å². The van der Waals surface area contributed by atoms with Crippen molar-refractivity contribution in [1.29, 1.82) is 0 Å². The number of aromatic nitrogens is 2. The van der Waals surface area contributed by atoms with Crippen LogP contribution in [0.4, 0.5) is 14.5 Å². The van der Waals surface area contributed by atoms with Crippen LogP contribution in [0.5, 0.6) is 0 Å². The summed E-state index contributed by atoms with van der Waals surface area (Å²) in [5, 5.41) is 4.40. The summed E-state index contributed by atoms with van der Waals surface area (Å²) in [6.07, 6.45) is 6.77. The smallest absolute Gasteiger partial charge is 0.236 e. The van der Waals surface area contributed by atoms with Gasteiger partial charge in [-0.05, 0) is 48.4 Å². The van der Waals surface area contributed by atoms with Gasteiger partial charge in [0.1, 0.15) is 11.6 Å². The summed E-state index contributed by atoms with van der Waals surface area (Å²) < 4.78 is 28.9. The first-order valence-electron chi connectivity index (χ1n) is 11.6. The first-order valence-corrected chi connectivity index (χ1v) is 11.6. The number of rotatable bonds is 5. The summed E-state index contributed by atoms with van der Waals surface area (Å²) in [6, 6.07) is 13.0. The van der Waals surface area contributed by atoms with Crippen LogP contribution in [0.1, 0.15) is 12.0 Å². The molecule has 2 aliphatic rings. The molecule has 3 aromatic rings. The molecule has 176 valence electrons. The first-order chi connectivity index (χ1) is 16.6. The maximum absolute atomic E-state index is 14.0. The molecule has 0 spiro atoms. The molecule has 34 heavy (non-hydrogen) atoms. The molecule has 2 aromatic carbocycles.